The molecule has 1 amide bonds. The third-order valence-corrected chi connectivity index (χ3v) is 5.61. The van der Waals surface area contributed by atoms with Crippen LogP contribution in [0, 0.1) is 20.8 Å². The summed E-state index contributed by atoms with van der Waals surface area (Å²) >= 11 is 0. The second-order valence-electron chi connectivity index (χ2n) is 7.31. The minimum absolute atomic E-state index is 0.0258. The lowest BCUT2D eigenvalue weighted by Gasteiger charge is -2.32. The molecule has 0 saturated heterocycles. The van der Waals surface area contributed by atoms with Crippen LogP contribution in [-0.4, -0.2) is 29.3 Å². The summed E-state index contributed by atoms with van der Waals surface area (Å²) in [6.45, 7) is 6.77. The molecular weight excluding hydrogens is 350 g/mol. The van der Waals surface area contributed by atoms with Crippen LogP contribution in [0.15, 0.2) is 42.6 Å². The molecule has 0 fully saturated rings. The Kier molecular flexibility index (Phi) is 4.67. The molecule has 2 aromatic carbocycles. The van der Waals surface area contributed by atoms with Crippen molar-refractivity contribution in [3.63, 3.8) is 0 Å². The second kappa shape index (κ2) is 7.15. The van der Waals surface area contributed by atoms with Gasteiger partial charge in [0.05, 0.1) is 35.9 Å². The van der Waals surface area contributed by atoms with E-state index in [-0.39, 0.29) is 5.91 Å². The summed E-state index contributed by atoms with van der Waals surface area (Å²) in [5.74, 6) is 0.722. The number of aromatic nitrogens is 2. The summed E-state index contributed by atoms with van der Waals surface area (Å²) in [5.41, 5.74) is 6.88. The third kappa shape index (κ3) is 2.87. The zero-order chi connectivity index (χ0) is 19.8. The van der Waals surface area contributed by atoms with Crippen molar-refractivity contribution in [1.29, 1.82) is 0 Å². The van der Waals surface area contributed by atoms with Crippen molar-refractivity contribution in [2.24, 2.45) is 0 Å². The molecule has 0 atom stereocenters. The van der Waals surface area contributed by atoms with E-state index in [9.17, 15) is 4.79 Å². The molecule has 1 aliphatic heterocycles. The molecule has 0 unspecified atom stereocenters. The molecule has 1 aliphatic rings. The van der Waals surface area contributed by atoms with Gasteiger partial charge in [0, 0.05) is 6.54 Å². The van der Waals surface area contributed by atoms with E-state index >= 15 is 0 Å². The van der Waals surface area contributed by atoms with Crippen molar-refractivity contribution in [3.05, 3.63) is 70.5 Å². The number of nitrogens with zero attached hydrogens (tertiary/aromatic N) is 3. The number of amides is 1. The van der Waals surface area contributed by atoms with Gasteiger partial charge in [0.15, 0.2) is 0 Å². The molecule has 0 radical (unpaired) electrons. The Hall–Kier alpha value is -3.08. The van der Waals surface area contributed by atoms with Gasteiger partial charge in [0.2, 0.25) is 0 Å². The molecule has 5 heteroatoms. The minimum Gasteiger partial charge on any atom is -0.495 e. The van der Waals surface area contributed by atoms with E-state index in [1.807, 2.05) is 53.8 Å². The molecule has 0 bridgehead atoms. The highest BCUT2D eigenvalue weighted by atomic mass is 16.5. The van der Waals surface area contributed by atoms with Crippen LogP contribution >= 0.6 is 0 Å². The van der Waals surface area contributed by atoms with Crippen LogP contribution in [0.2, 0.25) is 0 Å². The Bertz CT molecular complexity index is 1050. The molecular formula is C23H25N3O2. The van der Waals surface area contributed by atoms with Gasteiger partial charge in [-0.3, -0.25) is 4.79 Å². The van der Waals surface area contributed by atoms with E-state index in [1.54, 1.807) is 13.3 Å². The number of para-hydroxylation sites is 1. The monoisotopic (exact) mass is 375 g/mol. The second-order valence-corrected chi connectivity index (χ2v) is 7.31. The summed E-state index contributed by atoms with van der Waals surface area (Å²) in [6.07, 6.45) is 3.59. The van der Waals surface area contributed by atoms with Crippen LogP contribution in [0.5, 0.6) is 5.75 Å². The van der Waals surface area contributed by atoms with E-state index in [0.29, 0.717) is 12.1 Å². The fourth-order valence-corrected chi connectivity index (χ4v) is 4.03. The van der Waals surface area contributed by atoms with E-state index in [0.717, 1.165) is 41.2 Å². The molecule has 144 valence electrons. The number of fused-ring (bicyclic) bond motifs is 1. The van der Waals surface area contributed by atoms with E-state index < -0.39 is 0 Å². The molecule has 0 spiro atoms. The normalized spacial score (nSPS) is 13.4. The summed E-state index contributed by atoms with van der Waals surface area (Å²) in [4.78, 5) is 15.4. The highest BCUT2D eigenvalue weighted by Gasteiger charge is 2.30. The first-order chi connectivity index (χ1) is 13.5. The lowest BCUT2D eigenvalue weighted by Crippen LogP contribution is -2.36. The SMILES string of the molecule is COc1ccc(C)c2c1N(C(=O)c1cnn(-c3ccccc3C)c1C)CCC2. The fourth-order valence-electron chi connectivity index (χ4n) is 4.03. The smallest absolute Gasteiger partial charge is 0.261 e. The van der Waals surface area contributed by atoms with Crippen molar-refractivity contribution in [1.82, 2.24) is 9.78 Å². The van der Waals surface area contributed by atoms with E-state index in [1.165, 1.54) is 11.1 Å². The highest BCUT2D eigenvalue weighted by Crippen LogP contribution is 2.39. The molecule has 2 heterocycles. The number of carbonyl (C=O) groups is 1. The van der Waals surface area contributed by atoms with Crippen molar-refractivity contribution < 1.29 is 9.53 Å². The quantitative estimate of drug-likeness (QED) is 0.682. The average Bonchev–Trinajstić information content (AvgIpc) is 3.09. The lowest BCUT2D eigenvalue weighted by molar-refractivity contribution is 0.0983. The Morgan fingerprint density at radius 1 is 1.07 bits per heavy atom. The number of aryl methyl sites for hydroxylation is 2. The van der Waals surface area contributed by atoms with E-state index in [2.05, 4.69) is 18.1 Å². The van der Waals surface area contributed by atoms with Gasteiger partial charge in [-0.15, -0.1) is 0 Å². The zero-order valence-electron chi connectivity index (χ0n) is 16.8. The summed E-state index contributed by atoms with van der Waals surface area (Å²) in [7, 11) is 1.66. The van der Waals surface area contributed by atoms with E-state index in [4.69, 9.17) is 4.74 Å². The van der Waals surface area contributed by atoms with Crippen molar-refractivity contribution >= 4 is 11.6 Å². The molecule has 1 aromatic heterocycles. The maximum atomic E-state index is 13.5. The average molecular weight is 375 g/mol. The maximum absolute atomic E-state index is 13.5. The Morgan fingerprint density at radius 3 is 2.61 bits per heavy atom. The molecule has 28 heavy (non-hydrogen) atoms. The van der Waals surface area contributed by atoms with Gasteiger partial charge >= 0.3 is 0 Å². The van der Waals surface area contributed by atoms with Gasteiger partial charge in [0.25, 0.3) is 5.91 Å². The number of ether oxygens (including phenoxy) is 1. The highest BCUT2D eigenvalue weighted by molar-refractivity contribution is 6.08. The lowest BCUT2D eigenvalue weighted by atomic mass is 9.95. The van der Waals surface area contributed by atoms with Crippen LogP contribution in [0.25, 0.3) is 5.69 Å². The fraction of sp³-hybridized carbons (Fsp3) is 0.304. The predicted octanol–water partition coefficient (Wildman–Crippen LogP) is 4.40. The zero-order valence-corrected chi connectivity index (χ0v) is 16.8. The van der Waals surface area contributed by atoms with Gasteiger partial charge in [-0.25, -0.2) is 4.68 Å². The van der Waals surface area contributed by atoms with Crippen LogP contribution in [0.1, 0.15) is 39.2 Å². The number of benzene rings is 2. The number of hydrogen-bond donors (Lipinski definition) is 0. The van der Waals surface area contributed by atoms with Crippen LogP contribution < -0.4 is 9.64 Å². The van der Waals surface area contributed by atoms with Gasteiger partial charge in [-0.05, 0) is 62.4 Å². The van der Waals surface area contributed by atoms with Gasteiger partial charge in [-0.1, -0.05) is 24.3 Å². The number of rotatable bonds is 3. The summed E-state index contributed by atoms with van der Waals surface area (Å²) in [5, 5.41) is 4.52. The largest absolute Gasteiger partial charge is 0.495 e. The molecule has 0 aliphatic carbocycles. The predicted molar refractivity (Wildman–Crippen MR) is 111 cm³/mol. The van der Waals surface area contributed by atoms with Crippen LogP contribution in [-0.2, 0) is 6.42 Å². The Labute approximate surface area is 165 Å². The Balaban J connectivity index is 1.77. The van der Waals surface area contributed by atoms with Crippen LogP contribution in [0.4, 0.5) is 5.69 Å². The first kappa shape index (κ1) is 18.3. The standard InChI is InChI=1S/C23H25N3O2/c1-15-11-12-21(28-4)22-18(15)9-7-13-25(22)23(27)19-14-24-26(17(19)3)20-10-6-5-8-16(20)2/h5-6,8,10-12,14H,7,9,13H2,1-4H3. The number of hydrogen-bond acceptors (Lipinski definition) is 3. The van der Waals surface area contributed by atoms with Crippen molar-refractivity contribution in [2.45, 2.75) is 33.6 Å². The number of methoxy groups -OCH3 is 1. The van der Waals surface area contributed by atoms with Crippen molar-refractivity contribution in [3.8, 4) is 11.4 Å². The van der Waals surface area contributed by atoms with Crippen molar-refractivity contribution in [2.75, 3.05) is 18.6 Å². The summed E-state index contributed by atoms with van der Waals surface area (Å²) in [6, 6.07) is 12.1. The molecule has 4 rings (SSSR count). The molecule has 0 saturated carbocycles. The number of anilines is 1. The Morgan fingerprint density at radius 2 is 1.86 bits per heavy atom. The molecule has 5 nitrogen and oxygen atoms in total. The van der Waals surface area contributed by atoms with Gasteiger partial charge in [-0.2, -0.15) is 5.10 Å². The topological polar surface area (TPSA) is 47.4 Å². The first-order valence-corrected chi connectivity index (χ1v) is 9.62. The number of carbonyl (C=O) groups excluding carboxylic acids is 1. The van der Waals surface area contributed by atoms with Gasteiger partial charge < -0.3 is 9.64 Å². The molecule has 0 N–H and O–H groups in total. The minimum atomic E-state index is -0.0258. The first-order valence-electron chi connectivity index (χ1n) is 9.62. The maximum Gasteiger partial charge on any atom is 0.261 e. The summed E-state index contributed by atoms with van der Waals surface area (Å²) < 4.78 is 7.44. The van der Waals surface area contributed by atoms with Gasteiger partial charge in [0.1, 0.15) is 5.75 Å². The van der Waals surface area contributed by atoms with Crippen LogP contribution in [0.3, 0.4) is 0 Å². The third-order valence-electron chi connectivity index (χ3n) is 5.61. The molecule has 3 aromatic rings.